The summed E-state index contributed by atoms with van der Waals surface area (Å²) in [6.45, 7) is 3.75. The van der Waals surface area contributed by atoms with Crippen LogP contribution in [0, 0.1) is 6.92 Å². The first kappa shape index (κ1) is 8.08. The molecular weight excluding hydrogens is 138 g/mol. The lowest BCUT2D eigenvalue weighted by atomic mass is 10.1. The Morgan fingerprint density at radius 2 is 2.09 bits per heavy atom. The van der Waals surface area contributed by atoms with Gasteiger partial charge in [0.15, 0.2) is 0 Å². The molecule has 1 atom stereocenters. The van der Waals surface area contributed by atoms with Gasteiger partial charge in [0, 0.05) is 6.04 Å². The zero-order valence-electron chi connectivity index (χ0n) is 6.83. The number of phenols is 1. The van der Waals surface area contributed by atoms with Gasteiger partial charge in [-0.25, -0.2) is 0 Å². The summed E-state index contributed by atoms with van der Waals surface area (Å²) in [5.41, 5.74) is 7.47. The Kier molecular flexibility index (Phi) is 2.15. The van der Waals surface area contributed by atoms with Gasteiger partial charge in [-0.05, 0) is 31.0 Å². The van der Waals surface area contributed by atoms with Crippen LogP contribution in [0.4, 0.5) is 0 Å². The first-order chi connectivity index (χ1) is 5.11. The minimum Gasteiger partial charge on any atom is -0.508 e. The lowest BCUT2D eigenvalue weighted by molar-refractivity contribution is 0.469. The Morgan fingerprint density at radius 1 is 1.45 bits per heavy atom. The highest BCUT2D eigenvalue weighted by molar-refractivity contribution is 5.36. The summed E-state index contributed by atoms with van der Waals surface area (Å²) in [4.78, 5) is 0. The summed E-state index contributed by atoms with van der Waals surface area (Å²) in [5.74, 6) is 0.319. The van der Waals surface area contributed by atoms with Gasteiger partial charge in [0.1, 0.15) is 5.75 Å². The minimum absolute atomic E-state index is 0.0125. The molecule has 0 aliphatic rings. The van der Waals surface area contributed by atoms with Gasteiger partial charge in [0.05, 0.1) is 0 Å². The standard InChI is InChI=1S/C9H13NO/c1-6-3-4-8(7(2)10)5-9(6)11/h3-5,7,11H,10H2,1-2H3/t7-/m0/s1. The van der Waals surface area contributed by atoms with Crippen molar-refractivity contribution in [3.05, 3.63) is 29.3 Å². The quantitative estimate of drug-likeness (QED) is 0.642. The number of hydrogen-bond acceptors (Lipinski definition) is 2. The average molecular weight is 151 g/mol. The van der Waals surface area contributed by atoms with Crippen LogP contribution in [-0.2, 0) is 0 Å². The highest BCUT2D eigenvalue weighted by Crippen LogP contribution is 2.20. The van der Waals surface area contributed by atoms with E-state index in [4.69, 9.17) is 5.73 Å². The van der Waals surface area contributed by atoms with Crippen LogP contribution < -0.4 is 5.73 Å². The maximum Gasteiger partial charge on any atom is 0.118 e. The fraction of sp³-hybridized carbons (Fsp3) is 0.333. The molecule has 2 heteroatoms. The molecule has 11 heavy (non-hydrogen) atoms. The third-order valence-electron chi connectivity index (χ3n) is 1.76. The van der Waals surface area contributed by atoms with E-state index >= 15 is 0 Å². The Labute approximate surface area is 66.7 Å². The molecule has 0 amide bonds. The monoisotopic (exact) mass is 151 g/mol. The zero-order valence-corrected chi connectivity index (χ0v) is 6.83. The van der Waals surface area contributed by atoms with Crippen molar-refractivity contribution in [3.63, 3.8) is 0 Å². The SMILES string of the molecule is Cc1ccc([C@H](C)N)cc1O. The van der Waals surface area contributed by atoms with Gasteiger partial charge in [0.2, 0.25) is 0 Å². The van der Waals surface area contributed by atoms with E-state index in [0.717, 1.165) is 11.1 Å². The lowest BCUT2D eigenvalue weighted by Gasteiger charge is -2.06. The maximum atomic E-state index is 9.29. The Balaban J connectivity index is 3.05. The molecule has 0 radical (unpaired) electrons. The molecule has 0 heterocycles. The van der Waals surface area contributed by atoms with Gasteiger partial charge in [-0.15, -0.1) is 0 Å². The zero-order chi connectivity index (χ0) is 8.43. The van der Waals surface area contributed by atoms with Gasteiger partial charge >= 0.3 is 0 Å². The highest BCUT2D eigenvalue weighted by atomic mass is 16.3. The molecule has 0 unspecified atom stereocenters. The van der Waals surface area contributed by atoms with Gasteiger partial charge in [-0.2, -0.15) is 0 Å². The first-order valence-corrected chi connectivity index (χ1v) is 3.66. The van der Waals surface area contributed by atoms with E-state index in [0.29, 0.717) is 5.75 Å². The Hall–Kier alpha value is -1.02. The number of aromatic hydroxyl groups is 1. The number of benzene rings is 1. The highest BCUT2D eigenvalue weighted by Gasteiger charge is 2.01. The smallest absolute Gasteiger partial charge is 0.118 e. The molecule has 3 N–H and O–H groups in total. The molecule has 1 rings (SSSR count). The van der Waals surface area contributed by atoms with Crippen molar-refractivity contribution in [2.45, 2.75) is 19.9 Å². The lowest BCUT2D eigenvalue weighted by Crippen LogP contribution is -2.04. The second kappa shape index (κ2) is 2.93. The first-order valence-electron chi connectivity index (χ1n) is 3.66. The molecule has 0 fully saturated rings. The average Bonchev–Trinajstić information content (AvgIpc) is 1.94. The van der Waals surface area contributed by atoms with Crippen LogP contribution in [-0.4, -0.2) is 5.11 Å². The molecule has 0 spiro atoms. The molecule has 1 aromatic rings. The second-order valence-corrected chi connectivity index (χ2v) is 2.83. The van der Waals surface area contributed by atoms with Crippen LogP contribution >= 0.6 is 0 Å². The van der Waals surface area contributed by atoms with Crippen molar-refractivity contribution in [1.82, 2.24) is 0 Å². The Morgan fingerprint density at radius 3 is 2.55 bits per heavy atom. The van der Waals surface area contributed by atoms with Crippen LogP contribution in [0.15, 0.2) is 18.2 Å². The summed E-state index contributed by atoms with van der Waals surface area (Å²) >= 11 is 0. The predicted molar refractivity (Wildman–Crippen MR) is 45.4 cm³/mol. The van der Waals surface area contributed by atoms with Crippen molar-refractivity contribution >= 4 is 0 Å². The van der Waals surface area contributed by atoms with Crippen LogP contribution in [0.25, 0.3) is 0 Å². The van der Waals surface area contributed by atoms with Crippen molar-refractivity contribution in [1.29, 1.82) is 0 Å². The summed E-state index contributed by atoms with van der Waals surface area (Å²) in [7, 11) is 0. The van der Waals surface area contributed by atoms with Crippen LogP contribution in [0.5, 0.6) is 5.75 Å². The molecule has 0 saturated carbocycles. The number of aryl methyl sites for hydroxylation is 1. The van der Waals surface area contributed by atoms with E-state index in [9.17, 15) is 5.11 Å². The third kappa shape index (κ3) is 1.71. The topological polar surface area (TPSA) is 46.2 Å². The molecule has 2 nitrogen and oxygen atoms in total. The van der Waals surface area contributed by atoms with Crippen molar-refractivity contribution in [2.24, 2.45) is 5.73 Å². The normalized spacial score (nSPS) is 13.0. The molecular formula is C9H13NO. The predicted octanol–water partition coefficient (Wildman–Crippen LogP) is 1.72. The van der Waals surface area contributed by atoms with Gasteiger partial charge in [-0.3, -0.25) is 0 Å². The molecule has 60 valence electrons. The molecule has 0 bridgehead atoms. The van der Waals surface area contributed by atoms with E-state index in [1.54, 1.807) is 6.07 Å². The van der Waals surface area contributed by atoms with Gasteiger partial charge in [0.25, 0.3) is 0 Å². The minimum atomic E-state index is -0.0125. The van der Waals surface area contributed by atoms with E-state index in [1.165, 1.54) is 0 Å². The van der Waals surface area contributed by atoms with Crippen LogP contribution in [0.1, 0.15) is 24.1 Å². The van der Waals surface area contributed by atoms with E-state index in [-0.39, 0.29) is 6.04 Å². The van der Waals surface area contributed by atoms with Crippen LogP contribution in [0.3, 0.4) is 0 Å². The van der Waals surface area contributed by atoms with Crippen molar-refractivity contribution in [3.8, 4) is 5.75 Å². The number of phenolic OH excluding ortho intramolecular Hbond substituents is 1. The Bertz CT molecular complexity index is 256. The van der Waals surface area contributed by atoms with Gasteiger partial charge < -0.3 is 10.8 Å². The molecule has 1 aromatic carbocycles. The molecule has 0 aromatic heterocycles. The van der Waals surface area contributed by atoms with E-state index in [2.05, 4.69) is 0 Å². The van der Waals surface area contributed by atoms with Gasteiger partial charge in [-0.1, -0.05) is 12.1 Å². The fourth-order valence-electron chi connectivity index (χ4n) is 0.910. The number of nitrogens with two attached hydrogens (primary N) is 1. The summed E-state index contributed by atoms with van der Waals surface area (Å²) in [6.07, 6.45) is 0. The van der Waals surface area contributed by atoms with Crippen LogP contribution in [0.2, 0.25) is 0 Å². The largest absolute Gasteiger partial charge is 0.508 e. The molecule has 0 aliphatic carbocycles. The van der Waals surface area contributed by atoms with E-state index < -0.39 is 0 Å². The third-order valence-corrected chi connectivity index (χ3v) is 1.76. The summed E-state index contributed by atoms with van der Waals surface area (Å²) < 4.78 is 0. The summed E-state index contributed by atoms with van der Waals surface area (Å²) in [5, 5.41) is 9.29. The molecule has 0 aliphatic heterocycles. The van der Waals surface area contributed by atoms with Crippen molar-refractivity contribution in [2.75, 3.05) is 0 Å². The van der Waals surface area contributed by atoms with E-state index in [1.807, 2.05) is 26.0 Å². The maximum absolute atomic E-state index is 9.29. The fourth-order valence-corrected chi connectivity index (χ4v) is 0.910. The number of rotatable bonds is 1. The second-order valence-electron chi connectivity index (χ2n) is 2.83. The molecule has 0 saturated heterocycles. The summed E-state index contributed by atoms with van der Waals surface area (Å²) in [6, 6.07) is 5.50. The van der Waals surface area contributed by atoms with Crippen molar-refractivity contribution < 1.29 is 5.11 Å². The number of hydrogen-bond donors (Lipinski definition) is 2.